The summed E-state index contributed by atoms with van der Waals surface area (Å²) in [7, 11) is 0. The van der Waals surface area contributed by atoms with Gasteiger partial charge in [0.2, 0.25) is 0 Å². The third-order valence-electron chi connectivity index (χ3n) is 2.73. The van der Waals surface area contributed by atoms with Crippen LogP contribution in [0.5, 0.6) is 0 Å². The minimum atomic E-state index is -4.53. The van der Waals surface area contributed by atoms with Crippen LogP contribution in [0.15, 0.2) is 0 Å². The first-order chi connectivity index (χ1) is 6.18. The molecule has 1 aliphatic rings. The Bertz CT molecular complexity index is 251. The maximum atomic E-state index is 12.5. The number of carbonyl (C=O) groups is 1. The summed E-state index contributed by atoms with van der Waals surface area (Å²) in [6.45, 7) is 2.23. The van der Waals surface area contributed by atoms with Crippen molar-refractivity contribution in [3.8, 4) is 0 Å². The molecule has 6 heteroatoms. The molecule has 0 aromatic carbocycles. The van der Waals surface area contributed by atoms with Crippen LogP contribution in [0.25, 0.3) is 0 Å². The van der Waals surface area contributed by atoms with Crippen molar-refractivity contribution in [1.82, 2.24) is 0 Å². The lowest BCUT2D eigenvalue weighted by atomic mass is 9.89. The van der Waals surface area contributed by atoms with Crippen molar-refractivity contribution in [1.29, 1.82) is 0 Å². The molecule has 0 aliphatic carbocycles. The predicted molar refractivity (Wildman–Crippen MR) is 40.7 cm³/mol. The van der Waals surface area contributed by atoms with Crippen LogP contribution < -0.4 is 0 Å². The number of halogens is 3. The molecule has 1 rings (SSSR count). The molecular weight excluding hydrogens is 201 g/mol. The monoisotopic (exact) mass is 212 g/mol. The second-order valence-corrected chi connectivity index (χ2v) is 3.69. The van der Waals surface area contributed by atoms with Gasteiger partial charge in [0.05, 0.1) is 0 Å². The molecule has 14 heavy (non-hydrogen) atoms. The van der Waals surface area contributed by atoms with Crippen molar-refractivity contribution in [3.63, 3.8) is 0 Å². The van der Waals surface area contributed by atoms with Crippen LogP contribution in [0, 0.1) is 5.92 Å². The lowest BCUT2D eigenvalue weighted by Gasteiger charge is -2.30. The molecule has 0 bridgehead atoms. The van der Waals surface area contributed by atoms with Crippen molar-refractivity contribution in [3.05, 3.63) is 0 Å². The van der Waals surface area contributed by atoms with Gasteiger partial charge in [-0.05, 0) is 19.3 Å². The average Bonchev–Trinajstić information content (AvgIpc) is 2.28. The summed E-state index contributed by atoms with van der Waals surface area (Å²) in [5, 5.41) is 8.54. The highest BCUT2D eigenvalue weighted by Crippen LogP contribution is 2.46. The Labute approximate surface area is 78.9 Å². The number of hydrogen-bond donors (Lipinski definition) is 1. The van der Waals surface area contributed by atoms with E-state index >= 15 is 0 Å². The fraction of sp³-hybridized carbons (Fsp3) is 0.875. The maximum Gasteiger partial charge on any atom is 0.417 e. The Morgan fingerprint density at radius 2 is 2.07 bits per heavy atom. The largest absolute Gasteiger partial charge is 0.479 e. The topological polar surface area (TPSA) is 46.5 Å². The van der Waals surface area contributed by atoms with Crippen LogP contribution >= 0.6 is 0 Å². The molecule has 0 amide bonds. The van der Waals surface area contributed by atoms with Crippen LogP contribution in [0.1, 0.15) is 20.3 Å². The van der Waals surface area contributed by atoms with E-state index in [0.717, 1.165) is 6.92 Å². The van der Waals surface area contributed by atoms with Gasteiger partial charge in [-0.15, -0.1) is 0 Å². The quantitative estimate of drug-likeness (QED) is 0.721. The highest BCUT2D eigenvalue weighted by Gasteiger charge is 2.61. The molecule has 1 heterocycles. The van der Waals surface area contributed by atoms with E-state index in [1.165, 1.54) is 6.92 Å². The fourth-order valence-corrected chi connectivity index (χ4v) is 1.50. The third kappa shape index (κ3) is 1.58. The second-order valence-electron chi connectivity index (χ2n) is 3.69. The summed E-state index contributed by atoms with van der Waals surface area (Å²) in [6.07, 6.45) is -5.99. The predicted octanol–water partition coefficient (Wildman–Crippen LogP) is 1.82. The van der Waals surface area contributed by atoms with E-state index in [4.69, 9.17) is 5.11 Å². The van der Waals surface area contributed by atoms with Gasteiger partial charge in [-0.3, -0.25) is 0 Å². The van der Waals surface area contributed by atoms with Gasteiger partial charge in [0, 0.05) is 0 Å². The lowest BCUT2D eigenvalue weighted by molar-refractivity contribution is -0.273. The van der Waals surface area contributed by atoms with Crippen molar-refractivity contribution in [2.24, 2.45) is 5.92 Å². The van der Waals surface area contributed by atoms with Gasteiger partial charge in [-0.25, -0.2) is 4.79 Å². The molecular formula is C8H11F3O3. The number of carboxylic acids is 1. The molecule has 0 unspecified atom stereocenters. The van der Waals surface area contributed by atoms with Gasteiger partial charge < -0.3 is 9.84 Å². The summed E-state index contributed by atoms with van der Waals surface area (Å²) in [4.78, 5) is 10.5. The Morgan fingerprint density at radius 3 is 2.29 bits per heavy atom. The number of aliphatic carboxylic acids is 1. The van der Waals surface area contributed by atoms with Crippen LogP contribution in [0.3, 0.4) is 0 Å². The molecule has 1 aliphatic heterocycles. The molecule has 1 saturated heterocycles. The lowest BCUT2D eigenvalue weighted by Crippen LogP contribution is -2.46. The molecule has 82 valence electrons. The van der Waals surface area contributed by atoms with Crippen LogP contribution in [-0.4, -0.2) is 29.0 Å². The molecule has 0 radical (unpaired) electrons. The van der Waals surface area contributed by atoms with Crippen LogP contribution in [0.2, 0.25) is 0 Å². The Hall–Kier alpha value is -0.780. The fourth-order valence-electron chi connectivity index (χ4n) is 1.50. The highest BCUT2D eigenvalue weighted by molar-refractivity contribution is 5.72. The maximum absolute atomic E-state index is 12.5. The van der Waals surface area contributed by atoms with E-state index < -0.39 is 29.8 Å². The Balaban J connectivity index is 2.88. The first-order valence-corrected chi connectivity index (χ1v) is 4.16. The van der Waals surface area contributed by atoms with E-state index in [1.54, 1.807) is 0 Å². The first-order valence-electron chi connectivity index (χ1n) is 4.16. The smallest absolute Gasteiger partial charge is 0.417 e. The van der Waals surface area contributed by atoms with Gasteiger partial charge in [0.25, 0.3) is 0 Å². The third-order valence-corrected chi connectivity index (χ3v) is 2.73. The zero-order valence-electron chi connectivity index (χ0n) is 7.76. The molecule has 0 saturated carbocycles. The van der Waals surface area contributed by atoms with Gasteiger partial charge in [-0.2, -0.15) is 13.2 Å². The standard InChI is InChI=1S/C8H11F3O3/c1-4-3-5(6(12)13)14-7(4,2)8(9,10)11/h4-5H,3H2,1-2H3,(H,12,13)/t4-,5+,7+/m0/s1. The van der Waals surface area contributed by atoms with Gasteiger partial charge >= 0.3 is 12.1 Å². The zero-order valence-corrected chi connectivity index (χ0v) is 7.76. The van der Waals surface area contributed by atoms with Crippen LogP contribution in [-0.2, 0) is 9.53 Å². The Kier molecular flexibility index (Phi) is 2.51. The number of rotatable bonds is 1. The van der Waals surface area contributed by atoms with Gasteiger partial charge in [0.1, 0.15) is 0 Å². The Morgan fingerprint density at radius 1 is 1.57 bits per heavy atom. The SMILES string of the molecule is C[C@H]1C[C@H](C(=O)O)O[C@@]1(C)C(F)(F)F. The average molecular weight is 212 g/mol. The molecule has 0 aromatic rings. The van der Waals surface area contributed by atoms with E-state index in [2.05, 4.69) is 4.74 Å². The van der Waals surface area contributed by atoms with Crippen molar-refractivity contribution in [2.45, 2.75) is 38.1 Å². The number of carboxylic acid groups (broad SMARTS) is 1. The minimum Gasteiger partial charge on any atom is -0.479 e. The van der Waals surface area contributed by atoms with Crippen molar-refractivity contribution in [2.75, 3.05) is 0 Å². The van der Waals surface area contributed by atoms with Crippen molar-refractivity contribution >= 4 is 5.97 Å². The highest BCUT2D eigenvalue weighted by atomic mass is 19.4. The first kappa shape index (κ1) is 11.3. The normalized spacial score (nSPS) is 38.6. The zero-order chi connectivity index (χ0) is 11.1. The van der Waals surface area contributed by atoms with Gasteiger partial charge in [-0.1, -0.05) is 6.92 Å². The van der Waals surface area contributed by atoms with E-state index in [0.29, 0.717) is 0 Å². The minimum absolute atomic E-state index is 0.106. The molecule has 3 atom stereocenters. The number of ether oxygens (including phenoxy) is 1. The molecule has 0 aromatic heterocycles. The van der Waals surface area contributed by atoms with E-state index in [-0.39, 0.29) is 6.42 Å². The van der Waals surface area contributed by atoms with E-state index in [9.17, 15) is 18.0 Å². The second kappa shape index (κ2) is 3.12. The molecule has 1 fully saturated rings. The number of hydrogen-bond acceptors (Lipinski definition) is 2. The summed E-state index contributed by atoms with van der Waals surface area (Å²) in [5.41, 5.74) is -2.34. The molecule has 1 N–H and O–H groups in total. The summed E-state index contributed by atoms with van der Waals surface area (Å²) in [5.74, 6) is -2.19. The summed E-state index contributed by atoms with van der Waals surface area (Å²) < 4.78 is 42.1. The summed E-state index contributed by atoms with van der Waals surface area (Å²) >= 11 is 0. The molecule has 3 nitrogen and oxygen atoms in total. The van der Waals surface area contributed by atoms with E-state index in [1.807, 2.05) is 0 Å². The van der Waals surface area contributed by atoms with Crippen molar-refractivity contribution < 1.29 is 27.8 Å². The van der Waals surface area contributed by atoms with Crippen LogP contribution in [0.4, 0.5) is 13.2 Å². The number of alkyl halides is 3. The summed E-state index contributed by atoms with van der Waals surface area (Å²) in [6, 6.07) is 0. The van der Waals surface area contributed by atoms with Gasteiger partial charge in [0.15, 0.2) is 11.7 Å². The molecule has 0 spiro atoms.